The van der Waals surface area contributed by atoms with Crippen LogP contribution in [0, 0.1) is 5.82 Å². The van der Waals surface area contributed by atoms with E-state index >= 15 is 0 Å². The second-order valence-corrected chi connectivity index (χ2v) is 4.38. The zero-order valence-electron chi connectivity index (χ0n) is 11.5. The van der Waals surface area contributed by atoms with E-state index in [0.29, 0.717) is 23.5 Å². The molecule has 4 N–H and O–H groups in total. The fraction of sp³-hybridized carbons (Fsp3) is 0.133. The molecule has 0 aromatic heterocycles. The number of amidine groups is 1. The monoisotopic (exact) mass is 289 g/mol. The summed E-state index contributed by atoms with van der Waals surface area (Å²) in [4.78, 5) is 0. The number of halogens is 1. The van der Waals surface area contributed by atoms with Crippen LogP contribution < -0.4 is 15.8 Å². The van der Waals surface area contributed by atoms with Crippen molar-refractivity contribution in [2.24, 2.45) is 10.9 Å². The topological polar surface area (TPSA) is 79.9 Å². The summed E-state index contributed by atoms with van der Waals surface area (Å²) in [5.41, 5.74) is 7.68. The van der Waals surface area contributed by atoms with Gasteiger partial charge < -0.3 is 21.0 Å². The summed E-state index contributed by atoms with van der Waals surface area (Å²) in [6.45, 7) is 0.471. The van der Waals surface area contributed by atoms with Gasteiger partial charge in [0, 0.05) is 12.2 Å². The van der Waals surface area contributed by atoms with E-state index in [9.17, 15) is 4.39 Å². The standard InChI is InChI=1S/C15H16FN3O2/c1-21-14-6-5-10(7-13(14)15(17)19-20)9-18-12-4-2-3-11(16)8-12/h2-8,18,20H,9H2,1H3,(H2,17,19). The third-order valence-electron chi connectivity index (χ3n) is 2.97. The highest BCUT2D eigenvalue weighted by Gasteiger charge is 2.09. The Balaban J connectivity index is 2.17. The molecular formula is C15H16FN3O2. The Kier molecular flexibility index (Phi) is 4.61. The number of ether oxygens (including phenoxy) is 1. The number of anilines is 1. The van der Waals surface area contributed by atoms with Crippen molar-refractivity contribution in [3.63, 3.8) is 0 Å². The molecule has 0 bridgehead atoms. The largest absolute Gasteiger partial charge is 0.496 e. The number of nitrogens with one attached hydrogen (secondary N) is 1. The number of methoxy groups -OCH3 is 1. The Labute approximate surface area is 121 Å². The second-order valence-electron chi connectivity index (χ2n) is 4.38. The van der Waals surface area contributed by atoms with Gasteiger partial charge in [-0.1, -0.05) is 17.3 Å². The van der Waals surface area contributed by atoms with E-state index in [2.05, 4.69) is 10.5 Å². The van der Waals surface area contributed by atoms with Gasteiger partial charge in [0.1, 0.15) is 11.6 Å². The van der Waals surface area contributed by atoms with Gasteiger partial charge in [-0.15, -0.1) is 0 Å². The van der Waals surface area contributed by atoms with Gasteiger partial charge in [0.25, 0.3) is 0 Å². The number of rotatable bonds is 5. The van der Waals surface area contributed by atoms with Gasteiger partial charge in [0.05, 0.1) is 12.7 Å². The van der Waals surface area contributed by atoms with Crippen LogP contribution in [0.5, 0.6) is 5.75 Å². The van der Waals surface area contributed by atoms with E-state index in [1.165, 1.54) is 19.2 Å². The molecule has 110 valence electrons. The van der Waals surface area contributed by atoms with Gasteiger partial charge in [-0.3, -0.25) is 0 Å². The first-order valence-corrected chi connectivity index (χ1v) is 6.28. The highest BCUT2D eigenvalue weighted by Crippen LogP contribution is 2.20. The van der Waals surface area contributed by atoms with Crippen LogP contribution in [0.4, 0.5) is 10.1 Å². The van der Waals surface area contributed by atoms with Gasteiger partial charge in [0.2, 0.25) is 0 Å². The average Bonchev–Trinajstić information content (AvgIpc) is 2.52. The van der Waals surface area contributed by atoms with E-state index in [1.807, 2.05) is 6.07 Å². The van der Waals surface area contributed by atoms with Crippen molar-refractivity contribution in [3.05, 3.63) is 59.4 Å². The first-order chi connectivity index (χ1) is 10.1. The van der Waals surface area contributed by atoms with Gasteiger partial charge in [-0.2, -0.15) is 0 Å². The molecular weight excluding hydrogens is 273 g/mol. The Morgan fingerprint density at radius 3 is 2.81 bits per heavy atom. The van der Waals surface area contributed by atoms with Crippen LogP contribution in [0.1, 0.15) is 11.1 Å². The molecule has 0 fully saturated rings. The maximum Gasteiger partial charge on any atom is 0.173 e. The Morgan fingerprint density at radius 1 is 1.33 bits per heavy atom. The molecule has 0 saturated heterocycles. The Morgan fingerprint density at radius 2 is 2.14 bits per heavy atom. The second kappa shape index (κ2) is 6.60. The summed E-state index contributed by atoms with van der Waals surface area (Å²) in [6, 6.07) is 11.5. The van der Waals surface area contributed by atoms with E-state index < -0.39 is 0 Å². The third kappa shape index (κ3) is 3.62. The van der Waals surface area contributed by atoms with E-state index in [-0.39, 0.29) is 11.7 Å². The summed E-state index contributed by atoms with van der Waals surface area (Å²) in [6.07, 6.45) is 0. The summed E-state index contributed by atoms with van der Waals surface area (Å²) in [7, 11) is 1.51. The molecule has 6 heteroatoms. The van der Waals surface area contributed by atoms with E-state index in [4.69, 9.17) is 15.7 Å². The first-order valence-electron chi connectivity index (χ1n) is 6.28. The predicted molar refractivity (Wildman–Crippen MR) is 79.2 cm³/mol. The molecule has 2 rings (SSSR count). The molecule has 0 aliphatic carbocycles. The number of hydrogen-bond acceptors (Lipinski definition) is 4. The van der Waals surface area contributed by atoms with Crippen molar-refractivity contribution in [1.82, 2.24) is 0 Å². The molecule has 0 atom stereocenters. The summed E-state index contributed by atoms with van der Waals surface area (Å²) >= 11 is 0. The lowest BCUT2D eigenvalue weighted by molar-refractivity contribution is 0.318. The highest BCUT2D eigenvalue weighted by atomic mass is 19.1. The summed E-state index contributed by atoms with van der Waals surface area (Å²) < 4.78 is 18.3. The molecule has 0 aliphatic rings. The fourth-order valence-electron chi connectivity index (χ4n) is 1.92. The van der Waals surface area contributed by atoms with E-state index in [0.717, 1.165) is 5.56 Å². The minimum atomic E-state index is -0.299. The fourth-order valence-corrected chi connectivity index (χ4v) is 1.92. The van der Waals surface area contributed by atoms with Crippen LogP contribution >= 0.6 is 0 Å². The van der Waals surface area contributed by atoms with Crippen LogP contribution in [-0.2, 0) is 6.54 Å². The maximum absolute atomic E-state index is 13.1. The van der Waals surface area contributed by atoms with Gasteiger partial charge >= 0.3 is 0 Å². The van der Waals surface area contributed by atoms with Crippen LogP contribution in [0.25, 0.3) is 0 Å². The van der Waals surface area contributed by atoms with Crippen molar-refractivity contribution < 1.29 is 14.3 Å². The Hall–Kier alpha value is -2.76. The molecule has 0 saturated carbocycles. The lowest BCUT2D eigenvalue weighted by Gasteiger charge is -2.11. The van der Waals surface area contributed by atoms with Gasteiger partial charge in [-0.05, 0) is 35.9 Å². The molecule has 0 amide bonds. The van der Waals surface area contributed by atoms with Crippen LogP contribution in [0.2, 0.25) is 0 Å². The van der Waals surface area contributed by atoms with Crippen LogP contribution in [-0.4, -0.2) is 18.2 Å². The zero-order valence-corrected chi connectivity index (χ0v) is 11.5. The number of benzene rings is 2. The molecule has 2 aromatic rings. The van der Waals surface area contributed by atoms with Crippen molar-refractivity contribution in [2.45, 2.75) is 6.54 Å². The zero-order chi connectivity index (χ0) is 15.2. The smallest absolute Gasteiger partial charge is 0.173 e. The molecule has 0 heterocycles. The molecule has 0 unspecified atom stereocenters. The number of hydrogen-bond donors (Lipinski definition) is 3. The average molecular weight is 289 g/mol. The van der Waals surface area contributed by atoms with E-state index in [1.54, 1.807) is 24.3 Å². The molecule has 0 spiro atoms. The van der Waals surface area contributed by atoms with Crippen molar-refractivity contribution in [1.29, 1.82) is 0 Å². The minimum Gasteiger partial charge on any atom is -0.496 e. The lowest BCUT2D eigenvalue weighted by atomic mass is 10.1. The lowest BCUT2D eigenvalue weighted by Crippen LogP contribution is -2.15. The third-order valence-corrected chi connectivity index (χ3v) is 2.97. The maximum atomic E-state index is 13.1. The SMILES string of the molecule is COc1ccc(CNc2cccc(F)c2)cc1C(N)=NO. The van der Waals surface area contributed by atoms with Crippen molar-refractivity contribution in [3.8, 4) is 5.75 Å². The number of nitrogens with two attached hydrogens (primary N) is 1. The highest BCUT2D eigenvalue weighted by molar-refractivity contribution is 5.99. The van der Waals surface area contributed by atoms with Crippen LogP contribution in [0.15, 0.2) is 47.6 Å². The molecule has 0 aliphatic heterocycles. The van der Waals surface area contributed by atoms with Crippen molar-refractivity contribution >= 4 is 11.5 Å². The van der Waals surface area contributed by atoms with Gasteiger partial charge in [-0.25, -0.2) is 4.39 Å². The van der Waals surface area contributed by atoms with Crippen LogP contribution in [0.3, 0.4) is 0 Å². The normalized spacial score (nSPS) is 11.2. The Bertz CT molecular complexity index is 659. The summed E-state index contributed by atoms with van der Waals surface area (Å²) in [5, 5.41) is 14.9. The first kappa shape index (κ1) is 14.6. The number of nitrogens with zero attached hydrogens (tertiary/aromatic N) is 1. The molecule has 21 heavy (non-hydrogen) atoms. The molecule has 2 aromatic carbocycles. The predicted octanol–water partition coefficient (Wildman–Crippen LogP) is 2.54. The van der Waals surface area contributed by atoms with Crippen molar-refractivity contribution in [2.75, 3.05) is 12.4 Å². The molecule has 5 nitrogen and oxygen atoms in total. The molecule has 0 radical (unpaired) electrons. The minimum absolute atomic E-state index is 0.0283. The number of oxime groups is 1. The summed E-state index contributed by atoms with van der Waals surface area (Å²) in [5.74, 6) is 0.186. The van der Waals surface area contributed by atoms with Gasteiger partial charge in [0.15, 0.2) is 5.84 Å². The quantitative estimate of drug-likeness (QED) is 0.342.